The van der Waals surface area contributed by atoms with Crippen LogP contribution in [0, 0.1) is 0 Å². The Kier molecular flexibility index (Phi) is 10.9. The van der Waals surface area contributed by atoms with Crippen LogP contribution in [0.2, 0.25) is 0 Å². The number of allylic oxidation sites excluding steroid dienone is 4. The topological polar surface area (TPSA) is 0 Å². The van der Waals surface area contributed by atoms with E-state index in [0.717, 1.165) is 0 Å². The first-order valence-electron chi connectivity index (χ1n) is 5.13. The molecule has 1 aliphatic carbocycles. The summed E-state index contributed by atoms with van der Waals surface area (Å²) in [4.78, 5) is 0. The van der Waals surface area contributed by atoms with E-state index in [1.807, 2.05) is 0 Å². The van der Waals surface area contributed by atoms with Gasteiger partial charge in [-0.2, -0.15) is 0 Å². The third-order valence-corrected chi connectivity index (χ3v) is 2.13. The minimum atomic E-state index is -0.556. The summed E-state index contributed by atoms with van der Waals surface area (Å²) in [5.74, 6) is 0. The fourth-order valence-corrected chi connectivity index (χ4v) is 1.60. The summed E-state index contributed by atoms with van der Waals surface area (Å²) < 4.78 is 0. The van der Waals surface area contributed by atoms with Gasteiger partial charge in [-0.25, -0.2) is 0 Å². The molecule has 14 heavy (non-hydrogen) atoms. The van der Waals surface area contributed by atoms with E-state index in [1.54, 1.807) is 11.1 Å². The van der Waals surface area contributed by atoms with Gasteiger partial charge >= 0.3 is 35.6 Å². The van der Waals surface area contributed by atoms with Crippen LogP contribution in [0.5, 0.6) is 0 Å². The standard InChI is InChI=1S/C11H18.2ClH.Ti/c1-3-5-10-7-8-11(9-10)6-4-2;;;/h7,9H,3-6,8H2,1-2H3;2*1H;/q;;;+2/p-2. The van der Waals surface area contributed by atoms with Crippen molar-refractivity contribution in [3.05, 3.63) is 23.3 Å². The predicted octanol–water partition coefficient (Wildman–Crippen LogP) is 5.22. The number of rotatable bonds is 4. The Morgan fingerprint density at radius 2 is 1.79 bits per heavy atom. The normalized spacial score (nSPS) is 14.0. The van der Waals surface area contributed by atoms with Crippen LogP contribution in [0.25, 0.3) is 0 Å². The minimum absolute atomic E-state index is 0.556. The fourth-order valence-electron chi connectivity index (χ4n) is 1.60. The molecular formula is C11H18Cl2Ti. The second-order valence-corrected chi connectivity index (χ2v) is 5.94. The van der Waals surface area contributed by atoms with E-state index in [1.165, 1.54) is 32.1 Å². The summed E-state index contributed by atoms with van der Waals surface area (Å²) in [6.07, 6.45) is 11.1. The molecule has 0 spiro atoms. The third-order valence-electron chi connectivity index (χ3n) is 2.13. The van der Waals surface area contributed by atoms with Gasteiger partial charge in [-0.15, -0.1) is 0 Å². The van der Waals surface area contributed by atoms with Crippen LogP contribution >= 0.6 is 18.6 Å². The maximum atomic E-state index is 4.89. The van der Waals surface area contributed by atoms with Gasteiger partial charge in [0.25, 0.3) is 0 Å². The van der Waals surface area contributed by atoms with Crippen LogP contribution in [0.15, 0.2) is 23.3 Å². The molecule has 0 aromatic heterocycles. The molecule has 0 saturated carbocycles. The molecule has 0 bridgehead atoms. The monoisotopic (exact) mass is 268 g/mol. The van der Waals surface area contributed by atoms with Crippen molar-refractivity contribution in [2.45, 2.75) is 46.0 Å². The van der Waals surface area contributed by atoms with Gasteiger partial charge in [0.05, 0.1) is 0 Å². The van der Waals surface area contributed by atoms with Gasteiger partial charge in [0.2, 0.25) is 0 Å². The molecule has 0 aromatic rings. The number of hydrogen-bond acceptors (Lipinski definition) is 0. The van der Waals surface area contributed by atoms with Crippen molar-refractivity contribution in [1.29, 1.82) is 0 Å². The molecule has 0 aliphatic heterocycles. The Balaban J connectivity index is 0.000000500. The summed E-state index contributed by atoms with van der Waals surface area (Å²) in [6.45, 7) is 4.49. The molecular weight excluding hydrogens is 251 g/mol. The first kappa shape index (κ1) is 14.8. The quantitative estimate of drug-likeness (QED) is 0.614. The molecule has 0 N–H and O–H groups in total. The molecule has 1 rings (SSSR count). The summed E-state index contributed by atoms with van der Waals surface area (Å²) in [6, 6.07) is 0. The van der Waals surface area contributed by atoms with Gasteiger partial charge in [0, 0.05) is 0 Å². The van der Waals surface area contributed by atoms with E-state index >= 15 is 0 Å². The van der Waals surface area contributed by atoms with Gasteiger partial charge in [-0.05, 0) is 19.3 Å². The van der Waals surface area contributed by atoms with E-state index in [0.29, 0.717) is 0 Å². The summed E-state index contributed by atoms with van der Waals surface area (Å²) in [7, 11) is 9.78. The Bertz CT molecular complexity index is 197. The van der Waals surface area contributed by atoms with Gasteiger partial charge in [-0.3, -0.25) is 0 Å². The summed E-state index contributed by atoms with van der Waals surface area (Å²) >= 11 is -0.556. The third kappa shape index (κ3) is 7.12. The van der Waals surface area contributed by atoms with E-state index in [9.17, 15) is 0 Å². The number of halogens is 2. The van der Waals surface area contributed by atoms with E-state index in [-0.39, 0.29) is 0 Å². The first-order valence-corrected chi connectivity index (χ1v) is 9.42. The van der Waals surface area contributed by atoms with Crippen molar-refractivity contribution in [3.8, 4) is 0 Å². The maximum absolute atomic E-state index is 4.89. The van der Waals surface area contributed by atoms with Crippen molar-refractivity contribution >= 4 is 18.6 Å². The molecule has 3 heteroatoms. The molecule has 1 aliphatic rings. The summed E-state index contributed by atoms with van der Waals surface area (Å²) in [5, 5.41) is 0. The second kappa shape index (κ2) is 10.3. The molecule has 0 atom stereocenters. The van der Waals surface area contributed by atoms with E-state index in [4.69, 9.17) is 18.6 Å². The average Bonchev–Trinajstić information content (AvgIpc) is 2.55. The zero-order valence-corrected chi connectivity index (χ0v) is 12.0. The van der Waals surface area contributed by atoms with E-state index < -0.39 is 17.0 Å². The van der Waals surface area contributed by atoms with Crippen molar-refractivity contribution in [1.82, 2.24) is 0 Å². The Labute approximate surface area is 104 Å². The molecule has 0 radical (unpaired) electrons. The molecule has 0 unspecified atom stereocenters. The fraction of sp³-hybridized carbons (Fsp3) is 0.636. The average molecular weight is 269 g/mol. The van der Waals surface area contributed by atoms with Crippen LogP contribution in [0.1, 0.15) is 46.0 Å². The molecule has 0 aromatic carbocycles. The molecule has 0 saturated heterocycles. The van der Waals surface area contributed by atoms with Crippen LogP contribution in [-0.2, 0) is 17.0 Å². The van der Waals surface area contributed by atoms with Crippen LogP contribution < -0.4 is 0 Å². The molecule has 0 fully saturated rings. The first-order chi connectivity index (χ1) is 6.78. The Hall–Kier alpha value is 0.774. The number of hydrogen-bond donors (Lipinski definition) is 0. The van der Waals surface area contributed by atoms with Gasteiger partial charge in [0.15, 0.2) is 0 Å². The van der Waals surface area contributed by atoms with Crippen LogP contribution in [0.4, 0.5) is 0 Å². The van der Waals surface area contributed by atoms with Gasteiger partial charge < -0.3 is 0 Å². The molecule has 80 valence electrons. The summed E-state index contributed by atoms with van der Waals surface area (Å²) in [5.41, 5.74) is 3.20. The van der Waals surface area contributed by atoms with Crippen molar-refractivity contribution in [3.63, 3.8) is 0 Å². The van der Waals surface area contributed by atoms with Crippen LogP contribution in [0.3, 0.4) is 0 Å². The van der Waals surface area contributed by atoms with Crippen molar-refractivity contribution in [2.75, 3.05) is 0 Å². The van der Waals surface area contributed by atoms with Crippen molar-refractivity contribution < 1.29 is 17.0 Å². The zero-order chi connectivity index (χ0) is 10.8. The van der Waals surface area contributed by atoms with Crippen LogP contribution in [-0.4, -0.2) is 0 Å². The Morgan fingerprint density at radius 1 is 1.21 bits per heavy atom. The van der Waals surface area contributed by atoms with E-state index in [2.05, 4.69) is 26.0 Å². The SMILES string of the molecule is CCCC1=CCC(CCC)=C1.[Cl][Ti][Cl]. The predicted molar refractivity (Wildman–Crippen MR) is 62.3 cm³/mol. The second-order valence-electron chi connectivity index (χ2n) is 3.36. The Morgan fingerprint density at radius 3 is 2.29 bits per heavy atom. The molecule has 0 heterocycles. The van der Waals surface area contributed by atoms with Gasteiger partial charge in [0.1, 0.15) is 0 Å². The molecule has 0 nitrogen and oxygen atoms in total. The molecule has 0 amide bonds. The zero-order valence-electron chi connectivity index (χ0n) is 8.95. The van der Waals surface area contributed by atoms with Crippen molar-refractivity contribution in [2.24, 2.45) is 0 Å². The van der Waals surface area contributed by atoms with Gasteiger partial charge in [-0.1, -0.05) is 50.0 Å².